The topological polar surface area (TPSA) is 26.0 Å². The third-order valence-electron chi connectivity index (χ3n) is 4.07. The molecule has 1 nitrogen and oxygen atoms in total. The van der Waals surface area contributed by atoms with Crippen molar-refractivity contribution in [3.05, 3.63) is 34.4 Å². The van der Waals surface area contributed by atoms with Crippen molar-refractivity contribution in [1.82, 2.24) is 0 Å². The first-order chi connectivity index (χ1) is 7.25. The lowest BCUT2D eigenvalue weighted by Crippen LogP contribution is -2.11. The zero-order valence-electron chi connectivity index (χ0n) is 9.42. The fourth-order valence-electron chi connectivity index (χ4n) is 3.31. The highest BCUT2D eigenvalue weighted by Gasteiger charge is 2.28. The van der Waals surface area contributed by atoms with Crippen molar-refractivity contribution in [2.75, 3.05) is 0 Å². The first-order valence-electron chi connectivity index (χ1n) is 6.17. The largest absolute Gasteiger partial charge is 0.324 e. The number of hydrogen-bond acceptors (Lipinski definition) is 1. The summed E-state index contributed by atoms with van der Waals surface area (Å²) in [7, 11) is 0. The van der Waals surface area contributed by atoms with E-state index in [1.807, 2.05) is 0 Å². The van der Waals surface area contributed by atoms with E-state index in [0.29, 0.717) is 0 Å². The van der Waals surface area contributed by atoms with Crippen LogP contribution in [0.1, 0.15) is 60.4 Å². The molecule has 2 aliphatic rings. The predicted octanol–water partition coefficient (Wildman–Crippen LogP) is 3.07. The Bertz CT molecular complexity index is 393. The molecule has 0 spiro atoms. The van der Waals surface area contributed by atoms with Gasteiger partial charge in [-0.25, -0.2) is 0 Å². The van der Waals surface area contributed by atoms with E-state index in [1.54, 1.807) is 16.7 Å². The van der Waals surface area contributed by atoms with Gasteiger partial charge >= 0.3 is 0 Å². The second kappa shape index (κ2) is 3.34. The summed E-state index contributed by atoms with van der Waals surface area (Å²) in [5.74, 6) is 0.880. The average Bonchev–Trinajstić information content (AvgIpc) is 2.64. The zero-order valence-corrected chi connectivity index (χ0v) is 9.42. The molecule has 1 aromatic rings. The molecule has 0 saturated heterocycles. The summed E-state index contributed by atoms with van der Waals surface area (Å²) in [6, 6.07) is 4.91. The summed E-state index contributed by atoms with van der Waals surface area (Å²) >= 11 is 0. The Labute approximate surface area is 91.7 Å². The number of benzene rings is 1. The third kappa shape index (κ3) is 1.41. The Morgan fingerprint density at radius 1 is 1.20 bits per heavy atom. The lowest BCUT2D eigenvalue weighted by molar-refractivity contribution is 0.554. The van der Waals surface area contributed by atoms with Crippen LogP contribution >= 0.6 is 0 Å². The van der Waals surface area contributed by atoms with Crippen LogP contribution in [0.25, 0.3) is 0 Å². The fourth-order valence-corrected chi connectivity index (χ4v) is 3.31. The van der Waals surface area contributed by atoms with Gasteiger partial charge in [0.2, 0.25) is 0 Å². The third-order valence-corrected chi connectivity index (χ3v) is 4.07. The van der Waals surface area contributed by atoms with Gasteiger partial charge in [-0.1, -0.05) is 12.1 Å². The van der Waals surface area contributed by atoms with Crippen LogP contribution in [-0.4, -0.2) is 0 Å². The van der Waals surface area contributed by atoms with Gasteiger partial charge in [0.25, 0.3) is 0 Å². The van der Waals surface area contributed by atoms with Gasteiger partial charge in [0, 0.05) is 6.04 Å². The molecule has 80 valence electrons. The van der Waals surface area contributed by atoms with Crippen molar-refractivity contribution < 1.29 is 0 Å². The van der Waals surface area contributed by atoms with E-state index in [2.05, 4.69) is 19.1 Å². The van der Waals surface area contributed by atoms with E-state index in [0.717, 1.165) is 5.92 Å². The fraction of sp³-hybridized carbons (Fsp3) is 0.571. The summed E-state index contributed by atoms with van der Waals surface area (Å²) in [6.45, 7) is 2.09. The van der Waals surface area contributed by atoms with Crippen LogP contribution in [0.2, 0.25) is 0 Å². The zero-order chi connectivity index (χ0) is 10.4. The van der Waals surface area contributed by atoms with Gasteiger partial charge in [0.15, 0.2) is 0 Å². The maximum Gasteiger partial charge on any atom is 0.0266 e. The standard InChI is InChI=1S/C14H19N/c1-9(15)13-7-11-4-2-3-10-5-6-12(8-13)14(10)11/h7-10H,2-6,15H2,1H3. The predicted molar refractivity (Wildman–Crippen MR) is 63.0 cm³/mol. The molecular formula is C14H19N. The summed E-state index contributed by atoms with van der Waals surface area (Å²) < 4.78 is 0. The highest BCUT2D eigenvalue weighted by molar-refractivity contribution is 5.46. The number of rotatable bonds is 1. The molecular weight excluding hydrogens is 182 g/mol. The van der Waals surface area contributed by atoms with E-state index in [4.69, 9.17) is 5.73 Å². The molecule has 0 saturated carbocycles. The highest BCUT2D eigenvalue weighted by Crippen LogP contribution is 2.43. The Morgan fingerprint density at radius 3 is 2.67 bits per heavy atom. The van der Waals surface area contributed by atoms with Crippen molar-refractivity contribution in [1.29, 1.82) is 0 Å². The van der Waals surface area contributed by atoms with E-state index >= 15 is 0 Å². The van der Waals surface area contributed by atoms with Gasteiger partial charge in [0.1, 0.15) is 0 Å². The smallest absolute Gasteiger partial charge is 0.0266 e. The van der Waals surface area contributed by atoms with E-state index in [-0.39, 0.29) is 6.04 Å². The Hall–Kier alpha value is -0.820. The molecule has 0 heterocycles. The molecule has 2 atom stereocenters. The van der Waals surface area contributed by atoms with Gasteiger partial charge in [-0.2, -0.15) is 0 Å². The minimum absolute atomic E-state index is 0.188. The van der Waals surface area contributed by atoms with Gasteiger partial charge in [-0.3, -0.25) is 0 Å². The van der Waals surface area contributed by atoms with Crippen LogP contribution in [0.15, 0.2) is 12.1 Å². The molecule has 0 aliphatic heterocycles. The van der Waals surface area contributed by atoms with E-state index < -0.39 is 0 Å². The molecule has 2 unspecified atom stereocenters. The maximum absolute atomic E-state index is 5.98. The minimum atomic E-state index is 0.188. The highest BCUT2D eigenvalue weighted by atomic mass is 14.6. The molecule has 0 radical (unpaired) electrons. The quantitative estimate of drug-likeness (QED) is 0.742. The average molecular weight is 201 g/mol. The monoisotopic (exact) mass is 201 g/mol. The summed E-state index contributed by atoms with van der Waals surface area (Å²) in [5.41, 5.74) is 12.2. The Balaban J connectivity index is 2.14. The number of hydrogen-bond donors (Lipinski definition) is 1. The molecule has 0 fully saturated rings. The molecule has 15 heavy (non-hydrogen) atoms. The van der Waals surface area contributed by atoms with Crippen LogP contribution < -0.4 is 5.73 Å². The Kier molecular flexibility index (Phi) is 2.10. The second-order valence-electron chi connectivity index (χ2n) is 5.17. The van der Waals surface area contributed by atoms with Crippen molar-refractivity contribution in [2.24, 2.45) is 5.73 Å². The van der Waals surface area contributed by atoms with Gasteiger partial charge in [-0.15, -0.1) is 0 Å². The van der Waals surface area contributed by atoms with Crippen molar-refractivity contribution in [2.45, 2.75) is 51.0 Å². The van der Waals surface area contributed by atoms with Gasteiger partial charge in [-0.05, 0) is 67.2 Å². The molecule has 1 aromatic carbocycles. The van der Waals surface area contributed by atoms with Gasteiger partial charge < -0.3 is 5.73 Å². The minimum Gasteiger partial charge on any atom is -0.324 e. The van der Waals surface area contributed by atoms with Crippen molar-refractivity contribution >= 4 is 0 Å². The SMILES string of the molecule is CC(N)c1cc2c3c(c1)CCC3CCC2. The molecule has 2 aliphatic carbocycles. The Morgan fingerprint density at radius 2 is 1.93 bits per heavy atom. The number of aryl methyl sites for hydroxylation is 2. The van der Waals surface area contributed by atoms with E-state index in [1.165, 1.54) is 37.7 Å². The molecule has 1 heteroatoms. The summed E-state index contributed by atoms with van der Waals surface area (Å²) in [4.78, 5) is 0. The van der Waals surface area contributed by atoms with Crippen LogP contribution in [0.5, 0.6) is 0 Å². The normalized spacial score (nSPS) is 25.1. The van der Waals surface area contributed by atoms with Crippen LogP contribution in [0.3, 0.4) is 0 Å². The molecule has 0 aromatic heterocycles. The maximum atomic E-state index is 5.98. The van der Waals surface area contributed by atoms with Crippen molar-refractivity contribution in [3.8, 4) is 0 Å². The van der Waals surface area contributed by atoms with Crippen LogP contribution in [0.4, 0.5) is 0 Å². The lowest BCUT2D eigenvalue weighted by atomic mass is 9.83. The second-order valence-corrected chi connectivity index (χ2v) is 5.17. The number of nitrogens with two attached hydrogens (primary N) is 1. The van der Waals surface area contributed by atoms with Crippen LogP contribution in [-0.2, 0) is 12.8 Å². The molecule has 0 amide bonds. The summed E-state index contributed by atoms with van der Waals surface area (Å²) in [5, 5.41) is 0. The first kappa shape index (κ1) is 9.41. The van der Waals surface area contributed by atoms with Crippen LogP contribution in [0, 0.1) is 0 Å². The summed E-state index contributed by atoms with van der Waals surface area (Å²) in [6.07, 6.45) is 6.73. The first-order valence-corrected chi connectivity index (χ1v) is 6.17. The lowest BCUT2D eigenvalue weighted by Gasteiger charge is -2.23. The van der Waals surface area contributed by atoms with Crippen molar-refractivity contribution in [3.63, 3.8) is 0 Å². The molecule has 0 bridgehead atoms. The molecule has 2 N–H and O–H groups in total. The molecule has 3 rings (SSSR count). The van der Waals surface area contributed by atoms with E-state index in [9.17, 15) is 0 Å². The van der Waals surface area contributed by atoms with Gasteiger partial charge in [0.05, 0.1) is 0 Å².